The Morgan fingerprint density at radius 1 is 1.14 bits per heavy atom. The third-order valence-corrected chi connectivity index (χ3v) is 5.50. The number of carbonyl (C=O) groups is 1. The summed E-state index contributed by atoms with van der Waals surface area (Å²) in [5, 5.41) is 3.09. The molecular formula is C17H15Cl2N5O3S. The largest absolute Gasteiger partial charge is 0.337 e. The average Bonchev–Trinajstić information content (AvgIpc) is 2.96. The highest BCUT2D eigenvalue weighted by Gasteiger charge is 2.22. The minimum absolute atomic E-state index is 0.0160. The minimum Gasteiger partial charge on any atom is -0.337 e. The van der Waals surface area contributed by atoms with Gasteiger partial charge in [-0.1, -0.05) is 23.2 Å². The summed E-state index contributed by atoms with van der Waals surface area (Å²) in [6.45, 7) is 1.68. The van der Waals surface area contributed by atoms with E-state index in [0.717, 1.165) is 0 Å². The number of nitrogens with one attached hydrogen (secondary N) is 2. The highest BCUT2D eigenvalue weighted by atomic mass is 35.5. The maximum absolute atomic E-state index is 12.7. The molecule has 0 saturated heterocycles. The van der Waals surface area contributed by atoms with Crippen molar-refractivity contribution in [3.63, 3.8) is 0 Å². The smallest absolute Gasteiger partial charge is 0.280 e. The number of anilines is 2. The normalized spacial score (nSPS) is 11.3. The van der Waals surface area contributed by atoms with Gasteiger partial charge in [-0.25, -0.2) is 9.97 Å². The molecule has 0 aliphatic heterocycles. The summed E-state index contributed by atoms with van der Waals surface area (Å²) in [4.78, 5) is 20.6. The molecule has 2 aromatic heterocycles. The van der Waals surface area contributed by atoms with Crippen LogP contribution in [-0.4, -0.2) is 28.9 Å². The Balaban J connectivity index is 1.92. The van der Waals surface area contributed by atoms with Gasteiger partial charge < -0.3 is 9.88 Å². The molecule has 0 unspecified atom stereocenters. The first-order valence-electron chi connectivity index (χ1n) is 7.91. The van der Waals surface area contributed by atoms with Crippen LogP contribution in [0.4, 0.5) is 11.5 Å². The molecule has 0 bridgehead atoms. The van der Waals surface area contributed by atoms with Gasteiger partial charge in [-0.15, -0.1) is 0 Å². The third-order valence-electron chi connectivity index (χ3n) is 3.80. The van der Waals surface area contributed by atoms with Crippen LogP contribution < -0.4 is 10.0 Å². The highest BCUT2D eigenvalue weighted by molar-refractivity contribution is 7.92. The zero-order chi connectivity index (χ0) is 20.5. The number of aryl methyl sites for hydroxylation is 2. The van der Waals surface area contributed by atoms with E-state index in [1.165, 1.54) is 36.7 Å². The summed E-state index contributed by atoms with van der Waals surface area (Å²) in [5.41, 5.74) is 0.0830. The lowest BCUT2D eigenvalue weighted by Crippen LogP contribution is -2.19. The van der Waals surface area contributed by atoms with E-state index < -0.39 is 15.9 Å². The molecule has 0 radical (unpaired) electrons. The van der Waals surface area contributed by atoms with Gasteiger partial charge in [0, 0.05) is 24.5 Å². The van der Waals surface area contributed by atoms with Crippen molar-refractivity contribution in [2.45, 2.75) is 11.9 Å². The molecule has 1 aromatic carbocycles. The van der Waals surface area contributed by atoms with Crippen molar-refractivity contribution >= 4 is 50.6 Å². The number of imidazole rings is 1. The molecule has 0 saturated carbocycles. The second-order valence-corrected chi connectivity index (χ2v) is 8.35. The number of rotatable bonds is 5. The first kappa shape index (κ1) is 20.1. The number of halogens is 2. The standard InChI is InChI=1S/C17H15Cl2N5O3S/c1-10-21-16(9-24(10)2)28(26,27)23-14-7-11(18)3-5-13(14)17(25)22-15-6-4-12(19)8-20-15/h3-9,23H,1-2H3,(H,20,22,25). The van der Waals surface area contributed by atoms with Crippen LogP contribution >= 0.6 is 23.2 Å². The summed E-state index contributed by atoms with van der Waals surface area (Å²) < 4.78 is 29.3. The molecule has 28 heavy (non-hydrogen) atoms. The van der Waals surface area contributed by atoms with Crippen LogP contribution in [0.1, 0.15) is 16.2 Å². The number of benzene rings is 1. The van der Waals surface area contributed by atoms with E-state index in [4.69, 9.17) is 23.2 Å². The Kier molecular flexibility index (Phi) is 5.59. The van der Waals surface area contributed by atoms with Crippen LogP contribution in [0.25, 0.3) is 0 Å². The monoisotopic (exact) mass is 439 g/mol. The van der Waals surface area contributed by atoms with Crippen LogP contribution in [0, 0.1) is 6.92 Å². The van der Waals surface area contributed by atoms with Crippen molar-refractivity contribution < 1.29 is 13.2 Å². The number of aromatic nitrogens is 3. The number of hydrogen-bond donors (Lipinski definition) is 2. The first-order valence-corrected chi connectivity index (χ1v) is 10.1. The summed E-state index contributed by atoms with van der Waals surface area (Å²) >= 11 is 11.8. The topological polar surface area (TPSA) is 106 Å². The van der Waals surface area contributed by atoms with Gasteiger partial charge in [0.15, 0.2) is 5.03 Å². The van der Waals surface area contributed by atoms with Gasteiger partial charge in [-0.3, -0.25) is 9.52 Å². The van der Waals surface area contributed by atoms with E-state index in [2.05, 4.69) is 20.0 Å². The Bertz CT molecular complexity index is 1120. The number of hydrogen-bond acceptors (Lipinski definition) is 5. The molecule has 0 aliphatic rings. The summed E-state index contributed by atoms with van der Waals surface area (Å²) in [7, 11) is -2.34. The lowest BCUT2D eigenvalue weighted by Gasteiger charge is -2.12. The van der Waals surface area contributed by atoms with Gasteiger partial charge in [0.2, 0.25) is 0 Å². The molecule has 2 heterocycles. The van der Waals surface area contributed by atoms with Gasteiger partial charge in [-0.2, -0.15) is 8.42 Å². The molecule has 8 nitrogen and oxygen atoms in total. The van der Waals surface area contributed by atoms with E-state index in [9.17, 15) is 13.2 Å². The van der Waals surface area contributed by atoms with Crippen molar-refractivity contribution in [1.82, 2.24) is 14.5 Å². The van der Waals surface area contributed by atoms with Crippen molar-refractivity contribution in [2.24, 2.45) is 7.05 Å². The zero-order valence-electron chi connectivity index (χ0n) is 14.8. The molecule has 146 valence electrons. The lowest BCUT2D eigenvalue weighted by atomic mass is 10.1. The van der Waals surface area contributed by atoms with Crippen LogP contribution in [0.2, 0.25) is 10.0 Å². The maximum Gasteiger partial charge on any atom is 0.280 e. The summed E-state index contributed by atoms with van der Waals surface area (Å²) in [5.74, 6) is 0.221. The Morgan fingerprint density at radius 2 is 1.86 bits per heavy atom. The van der Waals surface area contributed by atoms with Gasteiger partial charge in [-0.05, 0) is 37.3 Å². The second kappa shape index (κ2) is 7.78. The van der Waals surface area contributed by atoms with E-state index in [-0.39, 0.29) is 27.1 Å². The average molecular weight is 440 g/mol. The zero-order valence-corrected chi connectivity index (χ0v) is 17.1. The second-order valence-electron chi connectivity index (χ2n) is 5.85. The van der Waals surface area contributed by atoms with Gasteiger partial charge >= 0.3 is 0 Å². The van der Waals surface area contributed by atoms with Crippen LogP contribution in [-0.2, 0) is 17.1 Å². The molecule has 1 amide bonds. The Morgan fingerprint density at radius 3 is 2.46 bits per heavy atom. The first-order chi connectivity index (χ1) is 13.2. The predicted molar refractivity (Wildman–Crippen MR) is 107 cm³/mol. The van der Waals surface area contributed by atoms with Crippen molar-refractivity contribution in [3.05, 3.63) is 64.2 Å². The molecule has 0 aliphatic carbocycles. The van der Waals surface area contributed by atoms with Crippen molar-refractivity contribution in [3.8, 4) is 0 Å². The fourth-order valence-electron chi connectivity index (χ4n) is 2.29. The predicted octanol–water partition coefficient (Wildman–Crippen LogP) is 3.48. The van der Waals surface area contributed by atoms with Crippen molar-refractivity contribution in [1.29, 1.82) is 0 Å². The van der Waals surface area contributed by atoms with E-state index >= 15 is 0 Å². The summed E-state index contributed by atoms with van der Waals surface area (Å²) in [6, 6.07) is 7.33. The minimum atomic E-state index is -4.02. The Hall–Kier alpha value is -2.62. The molecule has 0 atom stereocenters. The Labute approximate surface area is 171 Å². The van der Waals surface area contributed by atoms with E-state index in [1.54, 1.807) is 24.6 Å². The fraction of sp³-hybridized carbons (Fsp3) is 0.118. The van der Waals surface area contributed by atoms with Gasteiger partial charge in [0.1, 0.15) is 11.6 Å². The quantitative estimate of drug-likeness (QED) is 0.632. The maximum atomic E-state index is 12.7. The van der Waals surface area contributed by atoms with E-state index in [0.29, 0.717) is 10.8 Å². The molecule has 3 aromatic rings. The lowest BCUT2D eigenvalue weighted by molar-refractivity contribution is 0.102. The molecule has 0 fully saturated rings. The van der Waals surface area contributed by atoms with Gasteiger partial charge in [0.05, 0.1) is 16.3 Å². The molecule has 11 heteroatoms. The number of amides is 1. The molecule has 3 rings (SSSR count). The number of carbonyl (C=O) groups excluding carboxylic acids is 1. The summed E-state index contributed by atoms with van der Waals surface area (Å²) in [6.07, 6.45) is 2.76. The number of nitrogens with zero attached hydrogens (tertiary/aromatic N) is 3. The van der Waals surface area contributed by atoms with Gasteiger partial charge in [0.25, 0.3) is 15.9 Å². The molecule has 0 spiro atoms. The number of sulfonamides is 1. The van der Waals surface area contributed by atoms with E-state index in [1.807, 2.05) is 0 Å². The molecule has 2 N–H and O–H groups in total. The fourth-order valence-corrected chi connectivity index (χ4v) is 3.68. The number of pyridine rings is 1. The van der Waals surface area contributed by atoms with Crippen molar-refractivity contribution in [2.75, 3.05) is 10.0 Å². The van der Waals surface area contributed by atoms with Crippen LogP contribution in [0.3, 0.4) is 0 Å². The third kappa shape index (κ3) is 4.44. The van der Waals surface area contributed by atoms with Crippen LogP contribution in [0.5, 0.6) is 0 Å². The SMILES string of the molecule is Cc1nc(S(=O)(=O)Nc2cc(Cl)ccc2C(=O)Nc2ccc(Cl)cn2)cn1C. The highest BCUT2D eigenvalue weighted by Crippen LogP contribution is 2.25. The molecular weight excluding hydrogens is 425 g/mol. The van der Waals surface area contributed by atoms with Crippen LogP contribution in [0.15, 0.2) is 47.8 Å².